The summed E-state index contributed by atoms with van der Waals surface area (Å²) in [5.41, 5.74) is 3.21. The second-order valence-electron chi connectivity index (χ2n) is 8.16. The van der Waals surface area contributed by atoms with Gasteiger partial charge in [0.25, 0.3) is 0 Å². The molecule has 1 aromatic heterocycles. The molecule has 2 amide bonds. The number of para-hydroxylation sites is 1. The van der Waals surface area contributed by atoms with Crippen molar-refractivity contribution in [1.82, 2.24) is 9.47 Å². The summed E-state index contributed by atoms with van der Waals surface area (Å²) in [6.45, 7) is 0.207. The molecule has 1 aliphatic rings. The lowest BCUT2D eigenvalue weighted by molar-refractivity contribution is 0.194. The molecule has 2 heterocycles. The minimum Gasteiger partial charge on any atom is -0.497 e. The molecule has 0 spiro atoms. The molecule has 0 aliphatic carbocycles. The number of carbonyl (C=O) groups is 1. The number of hydrogen-bond donors (Lipinski definition) is 1. The van der Waals surface area contributed by atoms with E-state index in [9.17, 15) is 13.6 Å². The number of anilines is 1. The van der Waals surface area contributed by atoms with E-state index in [0.717, 1.165) is 17.3 Å². The van der Waals surface area contributed by atoms with E-state index in [0.29, 0.717) is 28.4 Å². The summed E-state index contributed by atoms with van der Waals surface area (Å²) in [4.78, 5) is 15.4. The number of nitrogens with one attached hydrogen (secondary N) is 1. The third-order valence-corrected chi connectivity index (χ3v) is 6.07. The maximum atomic E-state index is 14.3. The quantitative estimate of drug-likeness (QED) is 0.399. The van der Waals surface area contributed by atoms with E-state index in [1.807, 2.05) is 47.2 Å². The summed E-state index contributed by atoms with van der Waals surface area (Å²) < 4.78 is 41.3. The average Bonchev–Trinajstić information content (AvgIpc) is 3.27. The van der Waals surface area contributed by atoms with Crippen LogP contribution in [0.1, 0.15) is 22.9 Å². The van der Waals surface area contributed by atoms with Gasteiger partial charge in [0.2, 0.25) is 0 Å². The number of halogens is 2. The van der Waals surface area contributed by atoms with Crippen molar-refractivity contribution in [2.45, 2.75) is 12.6 Å². The van der Waals surface area contributed by atoms with Gasteiger partial charge in [-0.2, -0.15) is 0 Å². The summed E-state index contributed by atoms with van der Waals surface area (Å²) in [5.74, 6) is -0.435. The first kappa shape index (κ1) is 22.5. The molecular formula is C27H23F2N3O3. The molecule has 0 unspecified atom stereocenters. The average molecular weight is 475 g/mol. The van der Waals surface area contributed by atoms with E-state index in [-0.39, 0.29) is 6.54 Å². The zero-order chi connectivity index (χ0) is 24.5. The SMILES string of the molecule is COc1ccc(OC)c(NC(=O)N2Cc3ccccc3-n3cccc3[C@H]2c2cc(F)cc(F)c2)c1. The van der Waals surface area contributed by atoms with Crippen molar-refractivity contribution in [3.05, 3.63) is 107 Å². The van der Waals surface area contributed by atoms with Gasteiger partial charge in [-0.25, -0.2) is 13.6 Å². The molecule has 1 aliphatic heterocycles. The fourth-order valence-electron chi connectivity index (χ4n) is 4.52. The molecule has 3 aromatic carbocycles. The molecule has 1 atom stereocenters. The highest BCUT2D eigenvalue weighted by Gasteiger charge is 2.34. The zero-order valence-electron chi connectivity index (χ0n) is 19.2. The molecule has 0 fully saturated rings. The third kappa shape index (κ3) is 4.19. The molecule has 8 heteroatoms. The highest BCUT2D eigenvalue weighted by Crippen LogP contribution is 2.38. The van der Waals surface area contributed by atoms with E-state index >= 15 is 0 Å². The second kappa shape index (κ2) is 9.13. The first-order chi connectivity index (χ1) is 17.0. The largest absolute Gasteiger partial charge is 0.497 e. The number of aromatic nitrogens is 1. The molecular weight excluding hydrogens is 452 g/mol. The Labute approximate surface area is 201 Å². The van der Waals surface area contributed by atoms with Crippen molar-refractivity contribution in [1.29, 1.82) is 0 Å². The van der Waals surface area contributed by atoms with Crippen LogP contribution in [0, 0.1) is 11.6 Å². The fraction of sp³-hybridized carbons (Fsp3) is 0.148. The minimum absolute atomic E-state index is 0.207. The van der Waals surface area contributed by atoms with Crippen LogP contribution in [-0.2, 0) is 6.54 Å². The summed E-state index contributed by atoms with van der Waals surface area (Å²) in [6, 6.07) is 18.6. The number of urea groups is 1. The second-order valence-corrected chi connectivity index (χ2v) is 8.16. The standard InChI is InChI=1S/C27H23F2N3O3/c1-34-21-9-10-25(35-2)22(15-21)30-27(33)32-16-17-6-3-4-7-23(17)31-11-5-8-24(31)26(32)18-12-19(28)14-20(29)13-18/h3-15,26H,16H2,1-2H3,(H,30,33)/t26-/m1/s1. The normalized spacial score (nSPS) is 14.5. The van der Waals surface area contributed by atoms with Crippen LogP contribution in [0.5, 0.6) is 11.5 Å². The molecule has 0 saturated carbocycles. The Kier molecular flexibility index (Phi) is 5.86. The van der Waals surface area contributed by atoms with Crippen LogP contribution in [0.15, 0.2) is 79.0 Å². The fourth-order valence-corrected chi connectivity index (χ4v) is 4.52. The maximum absolute atomic E-state index is 14.3. The Balaban J connectivity index is 1.64. The molecule has 6 nitrogen and oxygen atoms in total. The Hall–Kier alpha value is -4.33. The van der Waals surface area contributed by atoms with E-state index < -0.39 is 23.7 Å². The number of nitrogens with zero attached hydrogens (tertiary/aromatic N) is 2. The van der Waals surface area contributed by atoms with Crippen molar-refractivity contribution in [2.24, 2.45) is 0 Å². The Morgan fingerprint density at radius 3 is 2.46 bits per heavy atom. The van der Waals surface area contributed by atoms with Gasteiger partial charge in [0.1, 0.15) is 23.1 Å². The lowest BCUT2D eigenvalue weighted by Gasteiger charge is -2.31. The molecule has 0 bridgehead atoms. The van der Waals surface area contributed by atoms with Gasteiger partial charge in [0, 0.05) is 24.0 Å². The van der Waals surface area contributed by atoms with Gasteiger partial charge in [-0.3, -0.25) is 0 Å². The van der Waals surface area contributed by atoms with Gasteiger partial charge in [0.05, 0.1) is 38.2 Å². The lowest BCUT2D eigenvalue weighted by atomic mass is 10.0. The molecule has 1 N–H and O–H groups in total. The molecule has 0 saturated heterocycles. The van der Waals surface area contributed by atoms with E-state index in [4.69, 9.17) is 9.47 Å². The van der Waals surface area contributed by atoms with Crippen LogP contribution in [0.4, 0.5) is 19.3 Å². The third-order valence-electron chi connectivity index (χ3n) is 6.07. The van der Waals surface area contributed by atoms with Gasteiger partial charge in [-0.1, -0.05) is 18.2 Å². The zero-order valence-corrected chi connectivity index (χ0v) is 19.2. The summed E-state index contributed by atoms with van der Waals surface area (Å²) in [5, 5.41) is 2.90. The first-order valence-electron chi connectivity index (χ1n) is 11.0. The van der Waals surface area contributed by atoms with Gasteiger partial charge in [-0.05, 0) is 53.6 Å². The number of rotatable bonds is 4. The van der Waals surface area contributed by atoms with E-state index in [2.05, 4.69) is 5.32 Å². The smallest absolute Gasteiger partial charge is 0.323 e. The van der Waals surface area contributed by atoms with E-state index in [1.165, 1.54) is 26.4 Å². The van der Waals surface area contributed by atoms with Crippen LogP contribution < -0.4 is 14.8 Å². The van der Waals surface area contributed by atoms with Gasteiger partial charge < -0.3 is 24.3 Å². The predicted molar refractivity (Wildman–Crippen MR) is 128 cm³/mol. The van der Waals surface area contributed by atoms with Crippen molar-refractivity contribution in [2.75, 3.05) is 19.5 Å². The highest BCUT2D eigenvalue weighted by atomic mass is 19.1. The first-order valence-corrected chi connectivity index (χ1v) is 11.0. The van der Waals surface area contributed by atoms with E-state index in [1.54, 1.807) is 23.1 Å². The monoisotopic (exact) mass is 475 g/mol. The summed E-state index contributed by atoms with van der Waals surface area (Å²) >= 11 is 0. The van der Waals surface area contributed by atoms with Crippen molar-refractivity contribution < 1.29 is 23.0 Å². The lowest BCUT2D eigenvalue weighted by Crippen LogP contribution is -2.38. The Bertz CT molecular complexity index is 1380. The number of fused-ring (bicyclic) bond motifs is 3. The van der Waals surface area contributed by atoms with Crippen molar-refractivity contribution >= 4 is 11.7 Å². The molecule has 35 heavy (non-hydrogen) atoms. The molecule has 4 aromatic rings. The Morgan fingerprint density at radius 2 is 1.71 bits per heavy atom. The summed E-state index contributed by atoms with van der Waals surface area (Å²) in [6.07, 6.45) is 1.88. The predicted octanol–water partition coefficient (Wildman–Crippen LogP) is 5.91. The Morgan fingerprint density at radius 1 is 0.943 bits per heavy atom. The molecule has 0 radical (unpaired) electrons. The van der Waals surface area contributed by atoms with Crippen molar-refractivity contribution in [3.8, 4) is 17.2 Å². The number of amides is 2. The topological polar surface area (TPSA) is 55.7 Å². The van der Waals surface area contributed by atoms with Crippen LogP contribution in [0.2, 0.25) is 0 Å². The number of hydrogen-bond acceptors (Lipinski definition) is 3. The molecule has 178 valence electrons. The van der Waals surface area contributed by atoms with Crippen LogP contribution >= 0.6 is 0 Å². The summed E-state index contributed by atoms with van der Waals surface area (Å²) in [7, 11) is 3.03. The van der Waals surface area contributed by atoms with Crippen LogP contribution in [0.3, 0.4) is 0 Å². The maximum Gasteiger partial charge on any atom is 0.323 e. The minimum atomic E-state index is -0.765. The highest BCUT2D eigenvalue weighted by molar-refractivity contribution is 5.92. The van der Waals surface area contributed by atoms with Gasteiger partial charge in [-0.15, -0.1) is 0 Å². The number of methoxy groups -OCH3 is 2. The number of carbonyl (C=O) groups excluding carboxylic acids is 1. The van der Waals surface area contributed by atoms with Gasteiger partial charge >= 0.3 is 6.03 Å². The number of benzene rings is 3. The van der Waals surface area contributed by atoms with Crippen LogP contribution in [-0.4, -0.2) is 29.7 Å². The van der Waals surface area contributed by atoms with Crippen molar-refractivity contribution in [3.63, 3.8) is 0 Å². The van der Waals surface area contributed by atoms with Gasteiger partial charge in [0.15, 0.2) is 0 Å². The number of ether oxygens (including phenoxy) is 2. The van der Waals surface area contributed by atoms with Crippen LogP contribution in [0.25, 0.3) is 5.69 Å². The molecule has 5 rings (SSSR count).